The van der Waals surface area contributed by atoms with Crippen LogP contribution in [0.15, 0.2) is 41.4 Å². The van der Waals surface area contributed by atoms with Crippen LogP contribution in [0.3, 0.4) is 0 Å². The third-order valence-electron chi connectivity index (χ3n) is 4.33. The Kier molecular flexibility index (Phi) is 3.61. The molecule has 0 aliphatic carbocycles. The van der Waals surface area contributed by atoms with Crippen molar-refractivity contribution in [2.75, 3.05) is 24.2 Å². The fourth-order valence-corrected chi connectivity index (χ4v) is 4.31. The first-order valence-electron chi connectivity index (χ1n) is 7.61. The van der Waals surface area contributed by atoms with E-state index in [1.54, 1.807) is 0 Å². The van der Waals surface area contributed by atoms with Crippen molar-refractivity contribution in [1.29, 1.82) is 0 Å². The number of hydrogen-bond acceptors (Lipinski definition) is 4. The second-order valence-electron chi connectivity index (χ2n) is 5.78. The van der Waals surface area contributed by atoms with Gasteiger partial charge in [-0.15, -0.1) is 11.8 Å². The maximum Gasteiger partial charge on any atom is 0.124 e. The molecule has 0 unspecified atom stereocenters. The van der Waals surface area contributed by atoms with Crippen LogP contribution < -0.4 is 10.6 Å². The normalized spacial score (nSPS) is 24.0. The molecule has 110 valence electrons. The fourth-order valence-electron chi connectivity index (χ4n) is 3.19. The van der Waals surface area contributed by atoms with Crippen molar-refractivity contribution < 1.29 is 0 Å². The number of rotatable bonds is 3. The van der Waals surface area contributed by atoms with E-state index >= 15 is 0 Å². The minimum absolute atomic E-state index is 0.501. The van der Waals surface area contributed by atoms with Gasteiger partial charge >= 0.3 is 0 Å². The molecule has 1 aromatic heterocycles. The van der Waals surface area contributed by atoms with Gasteiger partial charge in [0, 0.05) is 42.6 Å². The summed E-state index contributed by atoms with van der Waals surface area (Å²) in [4.78, 5) is 1.44. The number of fused-ring (bicyclic) bond motifs is 2. The predicted octanol–water partition coefficient (Wildman–Crippen LogP) is 2.75. The molecule has 4 rings (SSSR count). The largest absolute Gasteiger partial charge is 0.370 e. The number of anilines is 1. The van der Waals surface area contributed by atoms with Crippen LogP contribution in [0.25, 0.3) is 0 Å². The lowest BCUT2D eigenvalue weighted by molar-refractivity contribution is 0.366. The molecule has 5 heteroatoms. The Morgan fingerprint density at radius 3 is 3.29 bits per heavy atom. The Bertz CT molecular complexity index is 624. The number of benzene rings is 1. The number of thioether (sulfide) groups is 1. The lowest BCUT2D eigenvalue weighted by atomic mass is 10.0. The van der Waals surface area contributed by atoms with Crippen molar-refractivity contribution in [3.63, 3.8) is 0 Å². The van der Waals surface area contributed by atoms with Crippen LogP contribution in [-0.4, -0.2) is 28.6 Å². The highest BCUT2D eigenvalue weighted by molar-refractivity contribution is 7.99. The number of aromatic nitrogens is 2. The van der Waals surface area contributed by atoms with Crippen LogP contribution in [0.2, 0.25) is 0 Å². The molecule has 2 aliphatic heterocycles. The molecule has 1 aromatic carbocycles. The third-order valence-corrected chi connectivity index (χ3v) is 5.45. The summed E-state index contributed by atoms with van der Waals surface area (Å²) in [7, 11) is 0. The lowest BCUT2D eigenvalue weighted by Gasteiger charge is -2.30. The molecule has 2 atom stereocenters. The fraction of sp³-hybridized carbons (Fsp3) is 0.438. The summed E-state index contributed by atoms with van der Waals surface area (Å²) >= 11 is 1.98. The standard InChI is InChI=1S/C16H20N4S/c1-2-4-15-13(3-1)14(6-8-21-15)17-9-12-10-18-16-5-7-19-20(16)11-12/h1-5,7,12,14,17-18H,6,8-11H2/t12-,14+/m0/s1. The van der Waals surface area contributed by atoms with Crippen LogP contribution >= 0.6 is 11.8 Å². The Labute approximate surface area is 129 Å². The first-order chi connectivity index (χ1) is 10.4. The summed E-state index contributed by atoms with van der Waals surface area (Å²) in [5.41, 5.74) is 1.47. The van der Waals surface area contributed by atoms with Crippen molar-refractivity contribution >= 4 is 17.6 Å². The van der Waals surface area contributed by atoms with Crippen molar-refractivity contribution in [3.8, 4) is 0 Å². The molecule has 0 saturated carbocycles. The Morgan fingerprint density at radius 2 is 2.29 bits per heavy atom. The van der Waals surface area contributed by atoms with Crippen LogP contribution in [0.4, 0.5) is 5.82 Å². The summed E-state index contributed by atoms with van der Waals surface area (Å²) in [5, 5.41) is 11.6. The second kappa shape index (κ2) is 5.73. The molecule has 0 amide bonds. The van der Waals surface area contributed by atoms with E-state index in [2.05, 4.69) is 44.7 Å². The van der Waals surface area contributed by atoms with E-state index in [0.29, 0.717) is 12.0 Å². The van der Waals surface area contributed by atoms with E-state index < -0.39 is 0 Å². The van der Waals surface area contributed by atoms with Gasteiger partial charge in [-0.25, -0.2) is 4.68 Å². The summed E-state index contributed by atoms with van der Waals surface area (Å²) < 4.78 is 2.07. The van der Waals surface area contributed by atoms with Crippen molar-refractivity contribution in [2.45, 2.75) is 23.9 Å². The Hall–Kier alpha value is -1.46. The smallest absolute Gasteiger partial charge is 0.124 e. The molecule has 0 spiro atoms. The maximum absolute atomic E-state index is 4.36. The number of hydrogen-bond donors (Lipinski definition) is 2. The molecule has 2 aromatic rings. The molecule has 0 fully saturated rings. The van der Waals surface area contributed by atoms with E-state index in [1.165, 1.54) is 22.6 Å². The molecule has 3 heterocycles. The van der Waals surface area contributed by atoms with Crippen molar-refractivity contribution in [1.82, 2.24) is 15.1 Å². The molecule has 0 radical (unpaired) electrons. The summed E-state index contributed by atoms with van der Waals surface area (Å²) in [5.74, 6) is 2.95. The van der Waals surface area contributed by atoms with Crippen LogP contribution in [0.1, 0.15) is 18.0 Å². The molecule has 4 nitrogen and oxygen atoms in total. The minimum atomic E-state index is 0.501. The number of nitrogens with zero attached hydrogens (tertiary/aromatic N) is 2. The Balaban J connectivity index is 1.40. The van der Waals surface area contributed by atoms with Gasteiger partial charge in [0.1, 0.15) is 5.82 Å². The lowest BCUT2D eigenvalue weighted by Crippen LogP contribution is -2.37. The Morgan fingerprint density at radius 1 is 1.33 bits per heavy atom. The van der Waals surface area contributed by atoms with Gasteiger partial charge < -0.3 is 10.6 Å². The highest BCUT2D eigenvalue weighted by Gasteiger charge is 2.23. The third kappa shape index (κ3) is 2.68. The zero-order valence-corrected chi connectivity index (χ0v) is 12.8. The van der Waals surface area contributed by atoms with Crippen LogP contribution in [0, 0.1) is 5.92 Å². The first-order valence-corrected chi connectivity index (χ1v) is 8.59. The average molecular weight is 300 g/mol. The van der Waals surface area contributed by atoms with Gasteiger partial charge in [-0.3, -0.25) is 0 Å². The highest BCUT2D eigenvalue weighted by Crippen LogP contribution is 2.35. The SMILES string of the molecule is c1ccc2c(c1)SCC[C@H]2NC[C@H]1CNc2ccnn2C1. The molecular weight excluding hydrogens is 280 g/mol. The zero-order chi connectivity index (χ0) is 14.1. The maximum atomic E-state index is 4.36. The summed E-state index contributed by atoms with van der Waals surface area (Å²) in [6.45, 7) is 3.07. The van der Waals surface area contributed by atoms with Gasteiger partial charge in [0.2, 0.25) is 0 Å². The van der Waals surface area contributed by atoms with Crippen LogP contribution in [-0.2, 0) is 6.54 Å². The average Bonchev–Trinajstić information content (AvgIpc) is 3.00. The van der Waals surface area contributed by atoms with Gasteiger partial charge in [-0.2, -0.15) is 5.10 Å². The number of nitrogens with one attached hydrogen (secondary N) is 2. The molecule has 2 aliphatic rings. The molecule has 0 bridgehead atoms. The van der Waals surface area contributed by atoms with Crippen LogP contribution in [0.5, 0.6) is 0 Å². The topological polar surface area (TPSA) is 41.9 Å². The van der Waals surface area contributed by atoms with E-state index in [0.717, 1.165) is 25.5 Å². The van der Waals surface area contributed by atoms with E-state index in [1.807, 2.05) is 24.0 Å². The van der Waals surface area contributed by atoms with Gasteiger partial charge in [0.05, 0.1) is 6.20 Å². The minimum Gasteiger partial charge on any atom is -0.370 e. The molecule has 2 N–H and O–H groups in total. The van der Waals surface area contributed by atoms with Crippen molar-refractivity contribution in [3.05, 3.63) is 42.1 Å². The predicted molar refractivity (Wildman–Crippen MR) is 86.7 cm³/mol. The monoisotopic (exact) mass is 300 g/mol. The van der Waals surface area contributed by atoms with E-state index in [4.69, 9.17) is 0 Å². The van der Waals surface area contributed by atoms with E-state index in [9.17, 15) is 0 Å². The van der Waals surface area contributed by atoms with Crippen molar-refractivity contribution in [2.24, 2.45) is 5.92 Å². The van der Waals surface area contributed by atoms with Gasteiger partial charge in [0.15, 0.2) is 0 Å². The first kappa shape index (κ1) is 13.2. The molecule has 0 saturated heterocycles. The van der Waals surface area contributed by atoms with Gasteiger partial charge in [-0.1, -0.05) is 18.2 Å². The molecule has 21 heavy (non-hydrogen) atoms. The zero-order valence-electron chi connectivity index (χ0n) is 12.0. The van der Waals surface area contributed by atoms with E-state index in [-0.39, 0.29) is 0 Å². The summed E-state index contributed by atoms with van der Waals surface area (Å²) in [6, 6.07) is 11.3. The quantitative estimate of drug-likeness (QED) is 0.914. The second-order valence-corrected chi connectivity index (χ2v) is 6.92. The molecular formula is C16H20N4S. The van der Waals surface area contributed by atoms with Gasteiger partial charge in [0.25, 0.3) is 0 Å². The highest BCUT2D eigenvalue weighted by atomic mass is 32.2. The van der Waals surface area contributed by atoms with Gasteiger partial charge in [-0.05, 0) is 23.8 Å². The summed E-state index contributed by atoms with van der Waals surface area (Å²) in [6.07, 6.45) is 3.08.